The zero-order chi connectivity index (χ0) is 16.8. The number of carbonyl (C=O) groups is 2. The number of urea groups is 1. The Morgan fingerprint density at radius 3 is 2.70 bits per heavy atom. The van der Waals surface area contributed by atoms with Crippen LogP contribution in [0.5, 0.6) is 0 Å². The number of hydrogen-bond donors (Lipinski definition) is 2. The average molecular weight is 314 g/mol. The third kappa shape index (κ3) is 4.49. The molecule has 1 saturated heterocycles. The minimum Gasteiger partial charge on any atom is -0.481 e. The summed E-state index contributed by atoms with van der Waals surface area (Å²) in [4.78, 5) is 25.3. The van der Waals surface area contributed by atoms with Gasteiger partial charge in [0.25, 0.3) is 0 Å². The van der Waals surface area contributed by atoms with E-state index in [2.05, 4.69) is 11.2 Å². The van der Waals surface area contributed by atoms with Crippen molar-refractivity contribution >= 4 is 12.0 Å². The predicted octanol–water partition coefficient (Wildman–Crippen LogP) is 2.50. The van der Waals surface area contributed by atoms with Crippen LogP contribution >= 0.6 is 0 Å². The quantitative estimate of drug-likeness (QED) is 0.839. The first-order valence-corrected chi connectivity index (χ1v) is 7.78. The molecule has 0 aliphatic carbocycles. The fraction of sp³-hybridized carbons (Fsp3) is 0.444. The number of carboxylic acid groups (broad SMARTS) is 1. The van der Waals surface area contributed by atoms with Crippen LogP contribution in [0.25, 0.3) is 0 Å². The van der Waals surface area contributed by atoms with Crippen LogP contribution in [0, 0.1) is 24.2 Å². The van der Waals surface area contributed by atoms with E-state index in [4.69, 9.17) is 6.42 Å². The van der Waals surface area contributed by atoms with Gasteiger partial charge in [0.15, 0.2) is 0 Å². The first-order valence-electron chi connectivity index (χ1n) is 7.78. The Morgan fingerprint density at radius 1 is 1.39 bits per heavy atom. The highest BCUT2D eigenvalue weighted by Crippen LogP contribution is 2.23. The van der Waals surface area contributed by atoms with E-state index in [-0.39, 0.29) is 24.5 Å². The van der Waals surface area contributed by atoms with E-state index < -0.39 is 11.9 Å². The number of rotatable bonds is 4. The van der Waals surface area contributed by atoms with Crippen LogP contribution in [-0.4, -0.2) is 35.1 Å². The summed E-state index contributed by atoms with van der Waals surface area (Å²) in [5.41, 5.74) is 0.943. The standard InChI is InChI=1S/C18H22N2O3/c1-3-7-16(14-8-5-4-6-9-14)19-18(23)20-11-13(2)10-15(12-20)17(21)22/h1,4-6,8-9,13,15-16H,7,10-12H2,2H3,(H,19,23)(H,21,22). The summed E-state index contributed by atoms with van der Waals surface area (Å²) in [6.07, 6.45) is 6.41. The number of carboxylic acids is 1. The molecular formula is C18H22N2O3. The van der Waals surface area contributed by atoms with Gasteiger partial charge < -0.3 is 15.3 Å². The number of likely N-dealkylation sites (tertiary alicyclic amines) is 1. The number of terminal acetylenes is 1. The first-order chi connectivity index (χ1) is 11.0. The van der Waals surface area contributed by atoms with E-state index in [0.29, 0.717) is 19.4 Å². The van der Waals surface area contributed by atoms with E-state index in [0.717, 1.165) is 5.56 Å². The number of nitrogens with one attached hydrogen (secondary N) is 1. The second kappa shape index (κ2) is 7.68. The Balaban J connectivity index is 2.06. The fourth-order valence-corrected chi connectivity index (χ4v) is 2.99. The molecule has 2 N–H and O–H groups in total. The van der Waals surface area contributed by atoms with Crippen molar-refractivity contribution < 1.29 is 14.7 Å². The van der Waals surface area contributed by atoms with E-state index in [1.165, 1.54) is 0 Å². The molecule has 5 nitrogen and oxygen atoms in total. The third-order valence-corrected chi connectivity index (χ3v) is 4.12. The number of carbonyl (C=O) groups excluding carboxylic acids is 1. The molecule has 3 atom stereocenters. The van der Waals surface area contributed by atoms with Crippen molar-refractivity contribution in [2.24, 2.45) is 11.8 Å². The number of amides is 2. The van der Waals surface area contributed by atoms with Crippen LogP contribution in [0.4, 0.5) is 4.79 Å². The highest BCUT2D eigenvalue weighted by Gasteiger charge is 2.32. The van der Waals surface area contributed by atoms with Gasteiger partial charge in [-0.2, -0.15) is 0 Å². The smallest absolute Gasteiger partial charge is 0.317 e. The molecule has 1 heterocycles. The third-order valence-electron chi connectivity index (χ3n) is 4.12. The maximum atomic E-state index is 12.5. The van der Waals surface area contributed by atoms with Crippen molar-refractivity contribution in [3.8, 4) is 12.3 Å². The Morgan fingerprint density at radius 2 is 2.09 bits per heavy atom. The lowest BCUT2D eigenvalue weighted by molar-refractivity contribution is -0.143. The van der Waals surface area contributed by atoms with Crippen LogP contribution in [0.3, 0.4) is 0 Å². The molecule has 1 aromatic rings. The van der Waals surface area contributed by atoms with Gasteiger partial charge >= 0.3 is 12.0 Å². The van der Waals surface area contributed by atoms with Gasteiger partial charge in [0, 0.05) is 19.5 Å². The highest BCUT2D eigenvalue weighted by molar-refractivity contribution is 5.77. The first kappa shape index (κ1) is 16.9. The molecule has 0 aromatic heterocycles. The summed E-state index contributed by atoms with van der Waals surface area (Å²) in [6, 6.07) is 9.01. The van der Waals surface area contributed by atoms with Gasteiger partial charge in [-0.25, -0.2) is 4.79 Å². The van der Waals surface area contributed by atoms with E-state index in [9.17, 15) is 14.7 Å². The monoisotopic (exact) mass is 314 g/mol. The Labute approximate surface area is 136 Å². The van der Waals surface area contributed by atoms with Gasteiger partial charge in [-0.15, -0.1) is 12.3 Å². The summed E-state index contributed by atoms with van der Waals surface area (Å²) in [5.74, 6) is 1.39. The van der Waals surface area contributed by atoms with Gasteiger partial charge in [0.2, 0.25) is 0 Å². The fourth-order valence-electron chi connectivity index (χ4n) is 2.99. The number of nitrogens with zero attached hydrogens (tertiary/aromatic N) is 1. The van der Waals surface area contributed by atoms with E-state index in [1.54, 1.807) is 4.90 Å². The van der Waals surface area contributed by atoms with Crippen molar-refractivity contribution in [1.29, 1.82) is 0 Å². The van der Waals surface area contributed by atoms with Gasteiger partial charge in [-0.1, -0.05) is 37.3 Å². The molecule has 2 amide bonds. The minimum absolute atomic E-state index is 0.165. The molecule has 0 bridgehead atoms. The van der Waals surface area contributed by atoms with Crippen molar-refractivity contribution in [2.45, 2.75) is 25.8 Å². The van der Waals surface area contributed by atoms with Crippen molar-refractivity contribution in [3.63, 3.8) is 0 Å². The van der Waals surface area contributed by atoms with Crippen molar-refractivity contribution in [2.75, 3.05) is 13.1 Å². The lowest BCUT2D eigenvalue weighted by Crippen LogP contribution is -2.50. The van der Waals surface area contributed by atoms with Crippen molar-refractivity contribution in [1.82, 2.24) is 10.2 Å². The molecule has 0 radical (unpaired) electrons. The van der Waals surface area contributed by atoms with Gasteiger partial charge in [-0.3, -0.25) is 4.79 Å². The normalized spacial score (nSPS) is 22.0. The lowest BCUT2D eigenvalue weighted by Gasteiger charge is -2.35. The molecule has 1 aromatic carbocycles. The Hall–Kier alpha value is -2.48. The zero-order valence-electron chi connectivity index (χ0n) is 13.2. The largest absolute Gasteiger partial charge is 0.481 e. The summed E-state index contributed by atoms with van der Waals surface area (Å²) in [5, 5.41) is 12.2. The van der Waals surface area contributed by atoms with E-state index in [1.807, 2.05) is 37.3 Å². The number of aliphatic carboxylic acids is 1. The summed E-state index contributed by atoms with van der Waals surface area (Å²) >= 11 is 0. The van der Waals surface area contributed by atoms with Crippen LogP contribution < -0.4 is 5.32 Å². The van der Waals surface area contributed by atoms with Gasteiger partial charge in [-0.05, 0) is 17.9 Å². The molecule has 1 fully saturated rings. The van der Waals surface area contributed by atoms with Crippen LogP contribution in [0.15, 0.2) is 30.3 Å². The summed E-state index contributed by atoms with van der Waals surface area (Å²) in [6.45, 7) is 2.77. The zero-order valence-corrected chi connectivity index (χ0v) is 13.2. The topological polar surface area (TPSA) is 69.6 Å². The Kier molecular flexibility index (Phi) is 5.64. The molecule has 3 unspecified atom stereocenters. The average Bonchev–Trinajstić information content (AvgIpc) is 2.54. The summed E-state index contributed by atoms with van der Waals surface area (Å²) < 4.78 is 0. The molecule has 1 aliphatic heterocycles. The second-order valence-electron chi connectivity index (χ2n) is 6.10. The number of benzene rings is 1. The molecule has 23 heavy (non-hydrogen) atoms. The van der Waals surface area contributed by atoms with Crippen LogP contribution in [0.2, 0.25) is 0 Å². The van der Waals surface area contributed by atoms with Gasteiger partial charge in [0.05, 0.1) is 12.0 Å². The Bertz CT molecular complexity index is 594. The van der Waals surface area contributed by atoms with Crippen LogP contribution in [0.1, 0.15) is 31.4 Å². The highest BCUT2D eigenvalue weighted by atomic mass is 16.4. The molecule has 0 spiro atoms. The molecule has 0 saturated carbocycles. The molecule has 5 heteroatoms. The minimum atomic E-state index is -0.849. The van der Waals surface area contributed by atoms with Crippen LogP contribution in [-0.2, 0) is 4.79 Å². The lowest BCUT2D eigenvalue weighted by atomic mass is 9.91. The molecular weight excluding hydrogens is 292 g/mol. The molecule has 2 rings (SSSR count). The number of hydrogen-bond acceptors (Lipinski definition) is 2. The predicted molar refractivity (Wildman–Crippen MR) is 87.6 cm³/mol. The molecule has 1 aliphatic rings. The number of piperidine rings is 1. The SMILES string of the molecule is C#CCC(NC(=O)N1CC(C)CC(C(=O)O)C1)c1ccccc1. The van der Waals surface area contributed by atoms with Crippen molar-refractivity contribution in [3.05, 3.63) is 35.9 Å². The second-order valence-corrected chi connectivity index (χ2v) is 6.10. The maximum Gasteiger partial charge on any atom is 0.317 e. The maximum absolute atomic E-state index is 12.5. The van der Waals surface area contributed by atoms with E-state index >= 15 is 0 Å². The molecule has 122 valence electrons. The van der Waals surface area contributed by atoms with Gasteiger partial charge in [0.1, 0.15) is 0 Å². The summed E-state index contributed by atoms with van der Waals surface area (Å²) in [7, 11) is 0.